The van der Waals surface area contributed by atoms with Crippen molar-refractivity contribution >= 4 is 21.7 Å². The average Bonchev–Trinajstić information content (AvgIpc) is 3.17. The Balaban J connectivity index is 2.17. The fraction of sp³-hybridized carbons (Fsp3) is 0.733. The zero-order valence-electron chi connectivity index (χ0n) is 12.9. The molecule has 1 aliphatic carbocycles. The third-order valence-electron chi connectivity index (χ3n) is 3.37. The molecule has 112 valence electrons. The molecule has 1 fully saturated rings. The molecule has 5 heteroatoms. The van der Waals surface area contributed by atoms with Crippen molar-refractivity contribution in [1.82, 2.24) is 14.9 Å². The van der Waals surface area contributed by atoms with Gasteiger partial charge in [0, 0.05) is 31.6 Å². The van der Waals surface area contributed by atoms with E-state index in [0.717, 1.165) is 35.9 Å². The molecule has 1 aromatic heterocycles. The van der Waals surface area contributed by atoms with Gasteiger partial charge in [-0.2, -0.15) is 0 Å². The molecule has 0 bridgehead atoms. The summed E-state index contributed by atoms with van der Waals surface area (Å²) in [5.41, 5.74) is 0. The number of likely N-dealkylation sites (N-methyl/N-ethyl adjacent to an activating group) is 1. The van der Waals surface area contributed by atoms with E-state index in [9.17, 15) is 0 Å². The highest BCUT2D eigenvalue weighted by molar-refractivity contribution is 9.10. The van der Waals surface area contributed by atoms with Crippen molar-refractivity contribution in [2.45, 2.75) is 32.6 Å². The van der Waals surface area contributed by atoms with Crippen molar-refractivity contribution in [3.05, 3.63) is 16.5 Å². The van der Waals surface area contributed by atoms with Gasteiger partial charge in [0.25, 0.3) is 0 Å². The molecule has 2 rings (SSSR count). The lowest BCUT2D eigenvalue weighted by molar-refractivity contribution is 0.408. The van der Waals surface area contributed by atoms with Crippen LogP contribution in [0.3, 0.4) is 0 Å². The van der Waals surface area contributed by atoms with Crippen LogP contribution in [-0.2, 0) is 0 Å². The van der Waals surface area contributed by atoms with Gasteiger partial charge < -0.3 is 9.80 Å². The van der Waals surface area contributed by atoms with Crippen LogP contribution < -0.4 is 4.90 Å². The minimum absolute atomic E-state index is 0.584. The van der Waals surface area contributed by atoms with E-state index in [1.54, 1.807) is 0 Å². The fourth-order valence-electron chi connectivity index (χ4n) is 2.17. The zero-order chi connectivity index (χ0) is 14.7. The molecular weight excluding hydrogens is 316 g/mol. The summed E-state index contributed by atoms with van der Waals surface area (Å²) in [6.07, 6.45) is 2.47. The molecule has 0 radical (unpaired) electrons. The lowest BCUT2D eigenvalue weighted by atomic mass is 10.2. The summed E-state index contributed by atoms with van der Waals surface area (Å²) in [6, 6.07) is 2.05. The van der Waals surface area contributed by atoms with Crippen molar-refractivity contribution in [2.75, 3.05) is 38.6 Å². The van der Waals surface area contributed by atoms with Crippen LogP contribution in [0, 0.1) is 5.92 Å². The molecule has 4 nitrogen and oxygen atoms in total. The van der Waals surface area contributed by atoms with E-state index in [-0.39, 0.29) is 0 Å². The van der Waals surface area contributed by atoms with Crippen LogP contribution in [0.15, 0.2) is 10.7 Å². The second kappa shape index (κ2) is 6.85. The number of nitrogens with zero attached hydrogens (tertiary/aromatic N) is 4. The van der Waals surface area contributed by atoms with E-state index in [1.165, 1.54) is 12.8 Å². The van der Waals surface area contributed by atoms with Crippen molar-refractivity contribution < 1.29 is 0 Å². The fourth-order valence-corrected chi connectivity index (χ4v) is 2.56. The van der Waals surface area contributed by atoms with Gasteiger partial charge >= 0.3 is 0 Å². The number of hydrogen-bond donors (Lipinski definition) is 0. The Morgan fingerprint density at radius 1 is 1.25 bits per heavy atom. The van der Waals surface area contributed by atoms with E-state index in [1.807, 2.05) is 6.07 Å². The van der Waals surface area contributed by atoms with Gasteiger partial charge in [0.15, 0.2) is 0 Å². The van der Waals surface area contributed by atoms with E-state index < -0.39 is 0 Å². The third kappa shape index (κ3) is 4.70. The molecule has 0 aliphatic heterocycles. The first-order chi connectivity index (χ1) is 9.45. The first-order valence-electron chi connectivity index (χ1n) is 7.40. The number of rotatable bonds is 7. The maximum absolute atomic E-state index is 4.79. The summed E-state index contributed by atoms with van der Waals surface area (Å²) >= 11 is 3.54. The molecule has 0 unspecified atom stereocenters. The Morgan fingerprint density at radius 3 is 2.50 bits per heavy atom. The van der Waals surface area contributed by atoms with E-state index in [4.69, 9.17) is 4.98 Å². The molecule has 0 spiro atoms. The van der Waals surface area contributed by atoms with Gasteiger partial charge in [-0.05, 0) is 48.8 Å². The molecule has 1 aromatic rings. The summed E-state index contributed by atoms with van der Waals surface area (Å²) in [7, 11) is 4.22. The first kappa shape index (κ1) is 15.7. The largest absolute Gasteiger partial charge is 0.355 e. The molecule has 0 atom stereocenters. The molecule has 1 aliphatic rings. The van der Waals surface area contributed by atoms with Crippen LogP contribution in [0.4, 0.5) is 5.82 Å². The van der Waals surface area contributed by atoms with Crippen LogP contribution in [-0.4, -0.2) is 48.6 Å². The van der Waals surface area contributed by atoms with Gasteiger partial charge in [0.2, 0.25) is 0 Å². The Hall–Kier alpha value is -0.680. The van der Waals surface area contributed by atoms with Gasteiger partial charge in [-0.1, -0.05) is 13.8 Å². The van der Waals surface area contributed by atoms with Gasteiger partial charge in [0.1, 0.15) is 16.2 Å². The van der Waals surface area contributed by atoms with E-state index in [2.05, 4.69) is 58.7 Å². The van der Waals surface area contributed by atoms with Crippen LogP contribution in [0.1, 0.15) is 38.4 Å². The van der Waals surface area contributed by atoms with Gasteiger partial charge in [0.05, 0.1) is 0 Å². The maximum atomic E-state index is 4.79. The smallest absolute Gasteiger partial charge is 0.135 e. The van der Waals surface area contributed by atoms with Gasteiger partial charge in [-0.3, -0.25) is 0 Å². The van der Waals surface area contributed by atoms with Crippen LogP contribution >= 0.6 is 15.9 Å². The Bertz CT molecular complexity index is 443. The highest BCUT2D eigenvalue weighted by Gasteiger charge is 2.27. The molecule has 1 saturated carbocycles. The maximum Gasteiger partial charge on any atom is 0.135 e. The number of anilines is 1. The number of halogens is 1. The van der Waals surface area contributed by atoms with E-state index >= 15 is 0 Å². The highest BCUT2D eigenvalue weighted by Crippen LogP contribution is 2.39. The molecule has 20 heavy (non-hydrogen) atoms. The molecule has 0 saturated heterocycles. The normalized spacial score (nSPS) is 15.2. The quantitative estimate of drug-likeness (QED) is 0.713. The predicted molar refractivity (Wildman–Crippen MR) is 87.3 cm³/mol. The van der Waals surface area contributed by atoms with Crippen molar-refractivity contribution in [2.24, 2.45) is 5.92 Å². The minimum atomic E-state index is 0.584. The Morgan fingerprint density at radius 2 is 1.95 bits per heavy atom. The number of aromatic nitrogens is 2. The van der Waals surface area contributed by atoms with Crippen LogP contribution in [0.25, 0.3) is 0 Å². The zero-order valence-corrected chi connectivity index (χ0v) is 14.5. The molecule has 0 N–H and O–H groups in total. The van der Waals surface area contributed by atoms with Crippen molar-refractivity contribution in [3.8, 4) is 0 Å². The predicted octanol–water partition coefficient (Wildman–Crippen LogP) is 3.14. The van der Waals surface area contributed by atoms with Gasteiger partial charge in [-0.25, -0.2) is 9.97 Å². The van der Waals surface area contributed by atoms with Crippen molar-refractivity contribution in [3.63, 3.8) is 0 Å². The first-order valence-corrected chi connectivity index (χ1v) is 8.19. The van der Waals surface area contributed by atoms with Gasteiger partial charge in [-0.15, -0.1) is 0 Å². The molecule has 0 amide bonds. The average molecular weight is 341 g/mol. The topological polar surface area (TPSA) is 32.3 Å². The molecule has 0 aromatic carbocycles. The second-order valence-electron chi connectivity index (χ2n) is 6.32. The summed E-state index contributed by atoms with van der Waals surface area (Å²) in [5, 5.41) is 0. The lowest BCUT2D eigenvalue weighted by Crippen LogP contribution is -2.35. The third-order valence-corrected chi connectivity index (χ3v) is 3.77. The standard InChI is InChI=1S/C15H25BrN4/c1-11(2)10-20(8-7-19(3)4)14-9-13(16)17-15(18-14)12-5-6-12/h9,11-12H,5-8,10H2,1-4H3. The summed E-state index contributed by atoms with van der Waals surface area (Å²) in [6.45, 7) is 7.56. The monoisotopic (exact) mass is 340 g/mol. The second-order valence-corrected chi connectivity index (χ2v) is 7.14. The van der Waals surface area contributed by atoms with Crippen LogP contribution in [0.5, 0.6) is 0 Å². The highest BCUT2D eigenvalue weighted by atomic mass is 79.9. The Kier molecular flexibility index (Phi) is 5.38. The summed E-state index contributed by atoms with van der Waals surface area (Å²) < 4.78 is 0.906. The summed E-state index contributed by atoms with van der Waals surface area (Å²) in [5.74, 6) is 3.27. The summed E-state index contributed by atoms with van der Waals surface area (Å²) in [4.78, 5) is 13.9. The molecular formula is C15H25BrN4. The minimum Gasteiger partial charge on any atom is -0.355 e. The van der Waals surface area contributed by atoms with Crippen LogP contribution in [0.2, 0.25) is 0 Å². The SMILES string of the molecule is CC(C)CN(CCN(C)C)c1cc(Br)nc(C2CC2)n1. The van der Waals surface area contributed by atoms with Crippen molar-refractivity contribution in [1.29, 1.82) is 0 Å². The van der Waals surface area contributed by atoms with E-state index in [0.29, 0.717) is 11.8 Å². The lowest BCUT2D eigenvalue weighted by Gasteiger charge is -2.27. The Labute approximate surface area is 130 Å². The number of hydrogen-bond acceptors (Lipinski definition) is 4. The molecule has 1 heterocycles.